The number of aryl methyl sites for hydroxylation is 2. The number of nitrogens with zero attached hydrogens (tertiary/aromatic N) is 1. The fourth-order valence-corrected chi connectivity index (χ4v) is 2.33. The second kappa shape index (κ2) is 10.8. The zero-order chi connectivity index (χ0) is 17.1. The Morgan fingerprint density at radius 3 is 2.35 bits per heavy atom. The van der Waals surface area contributed by atoms with Gasteiger partial charge in [0.25, 0.3) is 0 Å². The Hall–Kier alpha value is -1.84. The van der Waals surface area contributed by atoms with Crippen LogP contribution >= 0.6 is 0 Å². The number of ether oxygens (including phenoxy) is 1. The maximum atomic E-state index is 12.4. The van der Waals surface area contributed by atoms with Crippen LogP contribution in [-0.2, 0) is 20.7 Å². The Morgan fingerprint density at radius 1 is 1.04 bits per heavy atom. The van der Waals surface area contributed by atoms with Gasteiger partial charge >= 0.3 is 5.97 Å². The molecule has 1 rings (SSSR count). The average Bonchev–Trinajstić information content (AvgIpc) is 2.54. The average molecular weight is 319 g/mol. The summed E-state index contributed by atoms with van der Waals surface area (Å²) in [7, 11) is 0. The van der Waals surface area contributed by atoms with Gasteiger partial charge in [-0.1, -0.05) is 43.2 Å². The van der Waals surface area contributed by atoms with Crippen LogP contribution in [0.15, 0.2) is 24.3 Å². The molecule has 0 N–H and O–H groups in total. The van der Waals surface area contributed by atoms with Crippen LogP contribution in [0.3, 0.4) is 0 Å². The lowest BCUT2D eigenvalue weighted by Crippen LogP contribution is -2.34. The van der Waals surface area contributed by atoms with Gasteiger partial charge in [-0.25, -0.2) is 0 Å². The van der Waals surface area contributed by atoms with Crippen LogP contribution < -0.4 is 0 Å². The number of hydrogen-bond acceptors (Lipinski definition) is 3. The zero-order valence-corrected chi connectivity index (χ0v) is 14.6. The summed E-state index contributed by atoms with van der Waals surface area (Å²) >= 11 is 0. The van der Waals surface area contributed by atoms with Crippen LogP contribution in [0.5, 0.6) is 0 Å². The fraction of sp³-hybridized carbons (Fsp3) is 0.579. The highest BCUT2D eigenvalue weighted by Crippen LogP contribution is 2.08. The van der Waals surface area contributed by atoms with E-state index in [1.807, 2.05) is 0 Å². The Kier molecular flexibility index (Phi) is 9.03. The number of amides is 1. The van der Waals surface area contributed by atoms with Crippen LogP contribution in [0.2, 0.25) is 0 Å². The van der Waals surface area contributed by atoms with Gasteiger partial charge in [-0.2, -0.15) is 0 Å². The quantitative estimate of drug-likeness (QED) is 0.620. The normalized spacial score (nSPS) is 10.4. The SMILES string of the molecule is CCCCN(CCC(=O)OCC)C(=O)CCc1ccc(C)cc1. The first-order chi connectivity index (χ1) is 11.1. The molecular weight excluding hydrogens is 290 g/mol. The summed E-state index contributed by atoms with van der Waals surface area (Å²) in [6.45, 7) is 7.49. The summed E-state index contributed by atoms with van der Waals surface area (Å²) in [5, 5.41) is 0. The number of unbranched alkanes of at least 4 members (excludes halogenated alkanes) is 1. The van der Waals surface area contributed by atoms with Crippen molar-refractivity contribution in [2.45, 2.75) is 52.9 Å². The van der Waals surface area contributed by atoms with Crippen molar-refractivity contribution in [1.29, 1.82) is 0 Å². The first kappa shape index (κ1) is 19.2. The molecule has 4 heteroatoms. The van der Waals surface area contributed by atoms with E-state index < -0.39 is 0 Å². The maximum absolute atomic E-state index is 12.4. The molecule has 0 spiro atoms. The Labute approximate surface area is 139 Å². The molecule has 4 nitrogen and oxygen atoms in total. The highest BCUT2D eigenvalue weighted by Gasteiger charge is 2.15. The third kappa shape index (κ3) is 7.82. The van der Waals surface area contributed by atoms with Crippen molar-refractivity contribution in [2.75, 3.05) is 19.7 Å². The molecule has 0 aromatic heterocycles. The van der Waals surface area contributed by atoms with Crippen molar-refractivity contribution in [1.82, 2.24) is 4.90 Å². The monoisotopic (exact) mass is 319 g/mol. The van der Waals surface area contributed by atoms with Crippen molar-refractivity contribution in [3.05, 3.63) is 35.4 Å². The molecule has 0 aliphatic heterocycles. The van der Waals surface area contributed by atoms with Crippen molar-refractivity contribution in [3.63, 3.8) is 0 Å². The summed E-state index contributed by atoms with van der Waals surface area (Å²) in [6, 6.07) is 8.26. The fourth-order valence-electron chi connectivity index (χ4n) is 2.33. The molecule has 0 saturated carbocycles. The molecule has 1 aromatic carbocycles. The minimum Gasteiger partial charge on any atom is -0.466 e. The predicted molar refractivity (Wildman–Crippen MR) is 92.2 cm³/mol. The van der Waals surface area contributed by atoms with E-state index in [-0.39, 0.29) is 18.3 Å². The number of benzene rings is 1. The topological polar surface area (TPSA) is 46.6 Å². The molecule has 0 atom stereocenters. The molecule has 1 amide bonds. The molecular formula is C19H29NO3. The first-order valence-corrected chi connectivity index (χ1v) is 8.55. The van der Waals surface area contributed by atoms with Gasteiger partial charge in [0.2, 0.25) is 5.91 Å². The molecule has 23 heavy (non-hydrogen) atoms. The Bertz CT molecular complexity index is 482. The first-order valence-electron chi connectivity index (χ1n) is 8.55. The highest BCUT2D eigenvalue weighted by molar-refractivity contribution is 5.77. The van der Waals surface area contributed by atoms with Crippen LogP contribution in [0.25, 0.3) is 0 Å². The van der Waals surface area contributed by atoms with Crippen LogP contribution in [0, 0.1) is 6.92 Å². The summed E-state index contributed by atoms with van der Waals surface area (Å²) in [5.41, 5.74) is 2.39. The number of rotatable bonds is 10. The molecule has 1 aromatic rings. The number of carbonyl (C=O) groups is 2. The van der Waals surface area contributed by atoms with Crippen LogP contribution in [0.4, 0.5) is 0 Å². The van der Waals surface area contributed by atoms with Gasteiger partial charge in [-0.05, 0) is 32.3 Å². The minimum atomic E-state index is -0.236. The van der Waals surface area contributed by atoms with E-state index in [9.17, 15) is 9.59 Å². The van der Waals surface area contributed by atoms with Crippen LogP contribution in [-0.4, -0.2) is 36.5 Å². The highest BCUT2D eigenvalue weighted by atomic mass is 16.5. The predicted octanol–water partition coefficient (Wildman–Crippen LogP) is 3.51. The smallest absolute Gasteiger partial charge is 0.307 e. The van der Waals surface area contributed by atoms with Gasteiger partial charge in [0.05, 0.1) is 13.0 Å². The molecule has 0 saturated heterocycles. The van der Waals surface area contributed by atoms with E-state index in [1.54, 1.807) is 11.8 Å². The molecule has 128 valence electrons. The van der Waals surface area contributed by atoms with Crippen LogP contribution in [0.1, 0.15) is 50.7 Å². The molecule has 0 radical (unpaired) electrons. The Morgan fingerprint density at radius 2 is 1.74 bits per heavy atom. The summed E-state index contributed by atoms with van der Waals surface area (Å²) < 4.78 is 4.94. The summed E-state index contributed by atoms with van der Waals surface area (Å²) in [5.74, 6) is -0.122. The third-order valence-corrected chi connectivity index (χ3v) is 3.77. The van der Waals surface area contributed by atoms with E-state index >= 15 is 0 Å². The van der Waals surface area contributed by atoms with Gasteiger partial charge in [-0.3, -0.25) is 9.59 Å². The second-order valence-corrected chi connectivity index (χ2v) is 5.77. The molecule has 0 unspecified atom stereocenters. The number of carbonyl (C=O) groups excluding carboxylic acids is 2. The van der Waals surface area contributed by atoms with Gasteiger partial charge < -0.3 is 9.64 Å². The maximum Gasteiger partial charge on any atom is 0.307 e. The Balaban J connectivity index is 2.49. The van der Waals surface area contributed by atoms with E-state index in [1.165, 1.54) is 11.1 Å². The lowest BCUT2D eigenvalue weighted by Gasteiger charge is -2.22. The molecule has 0 bridgehead atoms. The van der Waals surface area contributed by atoms with E-state index in [0.29, 0.717) is 26.1 Å². The van der Waals surface area contributed by atoms with Crippen molar-refractivity contribution in [3.8, 4) is 0 Å². The van der Waals surface area contributed by atoms with Gasteiger partial charge in [0.15, 0.2) is 0 Å². The second-order valence-electron chi connectivity index (χ2n) is 5.77. The van der Waals surface area contributed by atoms with Gasteiger partial charge in [0.1, 0.15) is 0 Å². The molecule has 0 fully saturated rings. The molecule has 0 aliphatic carbocycles. The summed E-state index contributed by atoms with van der Waals surface area (Å²) in [6.07, 6.45) is 3.48. The van der Waals surface area contributed by atoms with Gasteiger partial charge in [0, 0.05) is 19.5 Å². The van der Waals surface area contributed by atoms with Crippen molar-refractivity contribution in [2.24, 2.45) is 0 Å². The standard InChI is InChI=1S/C19H29NO3/c1-4-6-14-20(15-13-19(22)23-5-2)18(21)12-11-17-9-7-16(3)8-10-17/h7-10H,4-6,11-15H2,1-3H3. The van der Waals surface area contributed by atoms with E-state index in [0.717, 1.165) is 19.3 Å². The third-order valence-electron chi connectivity index (χ3n) is 3.77. The van der Waals surface area contributed by atoms with E-state index in [4.69, 9.17) is 4.74 Å². The zero-order valence-electron chi connectivity index (χ0n) is 14.6. The van der Waals surface area contributed by atoms with E-state index in [2.05, 4.69) is 38.1 Å². The lowest BCUT2D eigenvalue weighted by molar-refractivity contribution is -0.144. The largest absolute Gasteiger partial charge is 0.466 e. The minimum absolute atomic E-state index is 0.114. The number of esters is 1. The van der Waals surface area contributed by atoms with Gasteiger partial charge in [-0.15, -0.1) is 0 Å². The van der Waals surface area contributed by atoms with Crippen molar-refractivity contribution >= 4 is 11.9 Å². The molecule has 0 heterocycles. The lowest BCUT2D eigenvalue weighted by atomic mass is 10.1. The van der Waals surface area contributed by atoms with Crippen molar-refractivity contribution < 1.29 is 14.3 Å². The number of hydrogen-bond donors (Lipinski definition) is 0. The molecule has 0 aliphatic rings. The summed E-state index contributed by atoms with van der Waals surface area (Å²) in [4.78, 5) is 25.7.